The van der Waals surface area contributed by atoms with Gasteiger partial charge in [-0.15, -0.1) is 0 Å². The van der Waals surface area contributed by atoms with Crippen LogP contribution in [0.1, 0.15) is 27.2 Å². The topological polar surface area (TPSA) is 57.6 Å². The third-order valence-electron chi connectivity index (χ3n) is 2.44. The molecule has 0 saturated carbocycles. The van der Waals surface area contributed by atoms with Crippen LogP contribution in [0, 0.1) is 0 Å². The largest absolute Gasteiger partial charge is 0.391 e. The lowest BCUT2D eigenvalue weighted by molar-refractivity contribution is -0.142. The number of aliphatic hydroxyl groups is 1. The van der Waals surface area contributed by atoms with Crippen molar-refractivity contribution in [3.63, 3.8) is 0 Å². The van der Waals surface area contributed by atoms with E-state index in [0.29, 0.717) is 12.0 Å². The molecule has 0 aliphatic carbocycles. The van der Waals surface area contributed by atoms with Gasteiger partial charge in [-0.2, -0.15) is 0 Å². The minimum Gasteiger partial charge on any atom is -0.391 e. The van der Waals surface area contributed by atoms with Gasteiger partial charge in [0.15, 0.2) is 0 Å². The molecule has 0 saturated heterocycles. The molecule has 0 fully saturated rings. The number of aliphatic hydroxyl groups excluding tert-OH is 1. The molecular formula is C10H15NO3. The summed E-state index contributed by atoms with van der Waals surface area (Å²) < 4.78 is 0. The predicted molar refractivity (Wildman–Crippen MR) is 51.4 cm³/mol. The monoisotopic (exact) mass is 197 g/mol. The predicted octanol–water partition coefficient (Wildman–Crippen LogP) is 0.461. The number of amides is 2. The molecule has 14 heavy (non-hydrogen) atoms. The van der Waals surface area contributed by atoms with Gasteiger partial charge in [0.1, 0.15) is 0 Å². The van der Waals surface area contributed by atoms with E-state index in [1.807, 2.05) is 6.92 Å². The SMILES string of the molecule is CCC(C(C)O)N1C(=O)C=C(C)C1=O. The van der Waals surface area contributed by atoms with E-state index in [-0.39, 0.29) is 11.8 Å². The van der Waals surface area contributed by atoms with E-state index in [2.05, 4.69) is 0 Å². The number of hydrogen-bond donors (Lipinski definition) is 1. The Kier molecular flexibility index (Phi) is 3.06. The first kappa shape index (κ1) is 10.9. The average molecular weight is 197 g/mol. The smallest absolute Gasteiger partial charge is 0.256 e. The van der Waals surface area contributed by atoms with E-state index < -0.39 is 12.1 Å². The Morgan fingerprint density at radius 3 is 2.36 bits per heavy atom. The lowest BCUT2D eigenvalue weighted by Gasteiger charge is -2.27. The maximum atomic E-state index is 11.5. The second kappa shape index (κ2) is 3.92. The zero-order valence-electron chi connectivity index (χ0n) is 8.65. The number of imide groups is 1. The quantitative estimate of drug-likeness (QED) is 0.669. The Hall–Kier alpha value is -1.16. The van der Waals surface area contributed by atoms with Crippen LogP contribution in [0.15, 0.2) is 11.6 Å². The standard InChI is InChI=1S/C10H15NO3/c1-4-8(7(3)12)11-9(13)5-6(2)10(11)14/h5,7-8,12H,4H2,1-3H3. The summed E-state index contributed by atoms with van der Waals surface area (Å²) in [4.78, 5) is 24.1. The van der Waals surface area contributed by atoms with Crippen molar-refractivity contribution in [1.82, 2.24) is 4.90 Å². The summed E-state index contributed by atoms with van der Waals surface area (Å²) in [5.41, 5.74) is 0.439. The van der Waals surface area contributed by atoms with Crippen LogP contribution >= 0.6 is 0 Å². The van der Waals surface area contributed by atoms with Crippen molar-refractivity contribution >= 4 is 11.8 Å². The first-order chi connectivity index (χ1) is 6.49. The van der Waals surface area contributed by atoms with E-state index in [1.165, 1.54) is 6.08 Å². The van der Waals surface area contributed by atoms with E-state index in [9.17, 15) is 14.7 Å². The van der Waals surface area contributed by atoms with Crippen LogP contribution < -0.4 is 0 Å². The number of carbonyl (C=O) groups is 2. The van der Waals surface area contributed by atoms with Gasteiger partial charge in [0.25, 0.3) is 11.8 Å². The fourth-order valence-electron chi connectivity index (χ4n) is 1.66. The highest BCUT2D eigenvalue weighted by Gasteiger charge is 2.35. The van der Waals surface area contributed by atoms with Gasteiger partial charge in [0.2, 0.25) is 0 Å². The molecule has 1 N–H and O–H groups in total. The molecule has 2 atom stereocenters. The molecule has 1 aliphatic rings. The number of rotatable bonds is 3. The van der Waals surface area contributed by atoms with Crippen molar-refractivity contribution in [3.8, 4) is 0 Å². The molecule has 2 amide bonds. The Labute approximate surface area is 83.2 Å². The summed E-state index contributed by atoms with van der Waals surface area (Å²) >= 11 is 0. The molecule has 2 unspecified atom stereocenters. The zero-order chi connectivity index (χ0) is 10.9. The molecule has 1 rings (SSSR count). The van der Waals surface area contributed by atoms with E-state index >= 15 is 0 Å². The molecule has 0 spiro atoms. The molecule has 0 bridgehead atoms. The van der Waals surface area contributed by atoms with Gasteiger partial charge in [-0.3, -0.25) is 14.5 Å². The highest BCUT2D eigenvalue weighted by Crippen LogP contribution is 2.19. The van der Waals surface area contributed by atoms with Gasteiger partial charge >= 0.3 is 0 Å². The summed E-state index contributed by atoms with van der Waals surface area (Å²) in [6.07, 6.45) is 1.19. The number of hydrogen-bond acceptors (Lipinski definition) is 3. The highest BCUT2D eigenvalue weighted by molar-refractivity contribution is 6.16. The van der Waals surface area contributed by atoms with Crippen molar-refractivity contribution in [2.75, 3.05) is 0 Å². The lowest BCUT2D eigenvalue weighted by atomic mass is 10.1. The first-order valence-corrected chi connectivity index (χ1v) is 4.73. The second-order valence-corrected chi connectivity index (χ2v) is 3.56. The third-order valence-corrected chi connectivity index (χ3v) is 2.44. The Morgan fingerprint density at radius 2 is 2.07 bits per heavy atom. The maximum Gasteiger partial charge on any atom is 0.256 e. The fourth-order valence-corrected chi connectivity index (χ4v) is 1.66. The van der Waals surface area contributed by atoms with E-state index in [1.54, 1.807) is 13.8 Å². The van der Waals surface area contributed by atoms with Gasteiger partial charge in [0, 0.05) is 11.6 Å². The molecule has 1 heterocycles. The second-order valence-electron chi connectivity index (χ2n) is 3.56. The fraction of sp³-hybridized carbons (Fsp3) is 0.600. The van der Waals surface area contributed by atoms with Crippen LogP contribution in [0.5, 0.6) is 0 Å². The minimum absolute atomic E-state index is 0.289. The molecule has 0 radical (unpaired) electrons. The maximum absolute atomic E-state index is 11.5. The average Bonchev–Trinajstić information content (AvgIpc) is 2.32. The van der Waals surface area contributed by atoms with Crippen LogP contribution in [0.2, 0.25) is 0 Å². The van der Waals surface area contributed by atoms with Crippen LogP contribution in [0.3, 0.4) is 0 Å². The number of carbonyl (C=O) groups excluding carboxylic acids is 2. The summed E-state index contributed by atoms with van der Waals surface area (Å²) in [6, 6.07) is -0.413. The molecule has 4 heteroatoms. The first-order valence-electron chi connectivity index (χ1n) is 4.73. The molecular weight excluding hydrogens is 182 g/mol. The Balaban J connectivity index is 2.89. The minimum atomic E-state index is -0.688. The van der Waals surface area contributed by atoms with Gasteiger partial charge in [-0.25, -0.2) is 0 Å². The van der Waals surface area contributed by atoms with Gasteiger partial charge in [-0.05, 0) is 20.3 Å². The Bertz CT molecular complexity index is 294. The highest BCUT2D eigenvalue weighted by atomic mass is 16.3. The van der Waals surface area contributed by atoms with E-state index in [0.717, 1.165) is 4.90 Å². The van der Waals surface area contributed by atoms with Crippen LogP contribution in [-0.4, -0.2) is 34.0 Å². The van der Waals surface area contributed by atoms with Gasteiger partial charge < -0.3 is 5.11 Å². The summed E-state index contributed by atoms with van der Waals surface area (Å²) in [6.45, 7) is 5.03. The zero-order valence-corrected chi connectivity index (χ0v) is 8.65. The Morgan fingerprint density at radius 1 is 1.50 bits per heavy atom. The molecule has 0 aromatic heterocycles. The molecule has 0 aromatic carbocycles. The number of nitrogens with zero attached hydrogens (tertiary/aromatic N) is 1. The van der Waals surface area contributed by atoms with Crippen molar-refractivity contribution in [1.29, 1.82) is 0 Å². The molecule has 1 aliphatic heterocycles. The molecule has 4 nitrogen and oxygen atoms in total. The summed E-state index contributed by atoms with van der Waals surface area (Å²) in [5.74, 6) is -0.608. The van der Waals surface area contributed by atoms with Crippen molar-refractivity contribution in [2.45, 2.75) is 39.3 Å². The lowest BCUT2D eigenvalue weighted by Crippen LogP contribution is -2.46. The van der Waals surface area contributed by atoms with Crippen LogP contribution in [0.25, 0.3) is 0 Å². The molecule has 0 aromatic rings. The summed E-state index contributed by atoms with van der Waals surface area (Å²) in [7, 11) is 0. The summed E-state index contributed by atoms with van der Waals surface area (Å²) in [5, 5.41) is 9.43. The van der Waals surface area contributed by atoms with E-state index in [4.69, 9.17) is 0 Å². The molecule has 78 valence electrons. The van der Waals surface area contributed by atoms with Crippen LogP contribution in [-0.2, 0) is 9.59 Å². The van der Waals surface area contributed by atoms with Crippen molar-refractivity contribution < 1.29 is 14.7 Å². The normalized spacial score (nSPS) is 21.1. The third kappa shape index (κ3) is 1.70. The van der Waals surface area contributed by atoms with Gasteiger partial charge in [0.05, 0.1) is 12.1 Å². The van der Waals surface area contributed by atoms with Gasteiger partial charge in [-0.1, -0.05) is 6.92 Å². The van der Waals surface area contributed by atoms with Crippen molar-refractivity contribution in [2.24, 2.45) is 0 Å². The van der Waals surface area contributed by atoms with Crippen molar-refractivity contribution in [3.05, 3.63) is 11.6 Å². The van der Waals surface area contributed by atoms with Crippen LogP contribution in [0.4, 0.5) is 0 Å².